The summed E-state index contributed by atoms with van der Waals surface area (Å²) in [7, 11) is -3.55. The maximum absolute atomic E-state index is 11.9. The first-order valence-electron chi connectivity index (χ1n) is 6.34. The highest BCUT2D eigenvalue weighted by Gasteiger charge is 2.25. The highest BCUT2D eigenvalue weighted by Crippen LogP contribution is 2.30. The van der Waals surface area contributed by atoms with E-state index < -0.39 is 19.5 Å². The van der Waals surface area contributed by atoms with Gasteiger partial charge in [0.2, 0.25) is 0 Å². The largest absolute Gasteiger partial charge is 0.508 e. The Balaban J connectivity index is 2.78. The summed E-state index contributed by atoms with van der Waals surface area (Å²) in [5.74, 6) is -0.439. The lowest BCUT2D eigenvalue weighted by Crippen LogP contribution is -2.38. The summed E-state index contributed by atoms with van der Waals surface area (Å²) in [6.45, 7) is 3.27. The van der Waals surface area contributed by atoms with E-state index in [0.29, 0.717) is 6.42 Å². The zero-order chi connectivity index (χ0) is 15.2. The van der Waals surface area contributed by atoms with Crippen LogP contribution in [-0.2, 0) is 20.5 Å². The minimum absolute atomic E-state index is 0.121. The van der Waals surface area contributed by atoms with Crippen molar-refractivity contribution in [3.63, 3.8) is 0 Å². The van der Waals surface area contributed by atoms with Crippen molar-refractivity contribution in [3.8, 4) is 5.75 Å². The van der Waals surface area contributed by atoms with E-state index in [-0.39, 0.29) is 18.8 Å². The Morgan fingerprint density at radius 2 is 2.00 bits per heavy atom. The molecule has 0 aliphatic rings. The summed E-state index contributed by atoms with van der Waals surface area (Å²) in [4.78, 5) is 21.3. The maximum atomic E-state index is 11.9. The molecule has 0 saturated carbocycles. The molecule has 0 aliphatic carbocycles. The third kappa shape index (κ3) is 6.19. The molecular weight excluding hydrogens is 281 g/mol. The molecule has 20 heavy (non-hydrogen) atoms. The average molecular weight is 301 g/mol. The second-order valence-electron chi connectivity index (χ2n) is 4.60. The number of hydrogen-bond acceptors (Lipinski definition) is 4. The number of carbonyl (C=O) groups is 1. The van der Waals surface area contributed by atoms with Crippen molar-refractivity contribution < 1.29 is 24.1 Å². The third-order valence-electron chi connectivity index (χ3n) is 2.50. The Labute approximate surface area is 118 Å². The second kappa shape index (κ2) is 7.43. The molecule has 6 nitrogen and oxygen atoms in total. The monoisotopic (exact) mass is 301 g/mol. The number of nitrogens with one attached hydrogen (secondary N) is 1. The molecule has 2 unspecified atom stereocenters. The first kappa shape index (κ1) is 16.7. The number of aromatic hydroxyl groups is 1. The molecule has 112 valence electrons. The number of benzene rings is 1. The zero-order valence-electron chi connectivity index (χ0n) is 11.6. The van der Waals surface area contributed by atoms with Crippen LogP contribution in [-0.4, -0.2) is 35.3 Å². The fourth-order valence-corrected chi connectivity index (χ4v) is 2.42. The molecule has 0 amide bonds. The number of phenolic OH excluding ortho intramolecular Hbond substituents is 1. The van der Waals surface area contributed by atoms with Gasteiger partial charge < -0.3 is 14.7 Å². The van der Waals surface area contributed by atoms with Gasteiger partial charge in [0.15, 0.2) is 0 Å². The summed E-state index contributed by atoms with van der Waals surface area (Å²) in [5.41, 5.74) is 0.752. The van der Waals surface area contributed by atoms with Crippen molar-refractivity contribution in [3.05, 3.63) is 29.8 Å². The molecular formula is C13H20NO5P. The molecule has 0 saturated heterocycles. The van der Waals surface area contributed by atoms with Gasteiger partial charge in [-0.15, -0.1) is 0 Å². The average Bonchev–Trinajstić information content (AvgIpc) is 2.36. The van der Waals surface area contributed by atoms with Gasteiger partial charge in [0, 0.05) is 6.66 Å². The van der Waals surface area contributed by atoms with Crippen molar-refractivity contribution in [2.45, 2.75) is 25.8 Å². The lowest BCUT2D eigenvalue weighted by atomic mass is 10.1. The van der Waals surface area contributed by atoms with Crippen molar-refractivity contribution >= 4 is 13.5 Å². The Hall–Kier alpha value is -1.36. The van der Waals surface area contributed by atoms with E-state index >= 15 is 0 Å². The summed E-state index contributed by atoms with van der Waals surface area (Å²) in [5, 5.41) is 11.6. The number of ether oxygens (including phenoxy) is 1. The van der Waals surface area contributed by atoms with E-state index in [2.05, 4.69) is 5.09 Å². The molecule has 0 heterocycles. The van der Waals surface area contributed by atoms with Crippen LogP contribution in [0.3, 0.4) is 0 Å². The van der Waals surface area contributed by atoms with Gasteiger partial charge in [0.1, 0.15) is 11.8 Å². The number of rotatable bonds is 7. The van der Waals surface area contributed by atoms with Crippen molar-refractivity contribution in [1.29, 1.82) is 0 Å². The van der Waals surface area contributed by atoms with Crippen LogP contribution >= 0.6 is 7.52 Å². The summed E-state index contributed by atoms with van der Waals surface area (Å²) >= 11 is 0. The number of carbonyl (C=O) groups excluding carboxylic acids is 1. The first-order chi connectivity index (χ1) is 9.31. The molecule has 0 radical (unpaired) electrons. The van der Waals surface area contributed by atoms with Gasteiger partial charge in [-0.3, -0.25) is 9.36 Å². The van der Waals surface area contributed by atoms with E-state index in [9.17, 15) is 19.4 Å². The Morgan fingerprint density at radius 1 is 1.40 bits per heavy atom. The SMILES string of the molecule is CCCOC(=O)C(Cc1ccc(O)cc1)NP(C)(=O)O. The van der Waals surface area contributed by atoms with E-state index in [0.717, 1.165) is 12.2 Å². The van der Waals surface area contributed by atoms with Crippen LogP contribution in [0.25, 0.3) is 0 Å². The van der Waals surface area contributed by atoms with E-state index in [1.54, 1.807) is 12.1 Å². The Bertz CT molecular complexity index is 482. The number of hydrogen-bond donors (Lipinski definition) is 3. The van der Waals surface area contributed by atoms with Gasteiger partial charge in [-0.25, -0.2) is 5.09 Å². The quantitative estimate of drug-likeness (QED) is 0.523. The van der Waals surface area contributed by atoms with Crippen LogP contribution in [0.5, 0.6) is 5.75 Å². The molecule has 1 aromatic rings. The molecule has 0 aliphatic heterocycles. The Kier molecular flexibility index (Phi) is 6.20. The van der Waals surface area contributed by atoms with Crippen LogP contribution in [0, 0.1) is 0 Å². The Morgan fingerprint density at radius 3 is 2.50 bits per heavy atom. The van der Waals surface area contributed by atoms with Gasteiger partial charge >= 0.3 is 5.97 Å². The van der Waals surface area contributed by atoms with Crippen LogP contribution in [0.2, 0.25) is 0 Å². The smallest absolute Gasteiger partial charge is 0.323 e. The molecule has 1 rings (SSSR count). The number of phenols is 1. The molecule has 0 bridgehead atoms. The fourth-order valence-electron chi connectivity index (χ4n) is 1.64. The standard InChI is InChI=1S/C13H20NO5P/c1-3-8-19-13(16)12(14-20(2,17)18)9-10-4-6-11(15)7-5-10/h4-7,12,15H,3,8-9H2,1-2H3,(H2,14,17,18). The van der Waals surface area contributed by atoms with Crippen LogP contribution in [0.15, 0.2) is 24.3 Å². The number of esters is 1. The van der Waals surface area contributed by atoms with Crippen molar-refractivity contribution in [1.82, 2.24) is 5.09 Å². The topological polar surface area (TPSA) is 95.9 Å². The third-order valence-corrected chi connectivity index (χ3v) is 3.30. The van der Waals surface area contributed by atoms with E-state index in [4.69, 9.17) is 4.74 Å². The molecule has 7 heteroatoms. The van der Waals surface area contributed by atoms with Gasteiger partial charge in [-0.1, -0.05) is 19.1 Å². The molecule has 0 fully saturated rings. The highest BCUT2D eigenvalue weighted by molar-refractivity contribution is 7.55. The maximum Gasteiger partial charge on any atom is 0.323 e. The summed E-state index contributed by atoms with van der Waals surface area (Å²) in [6.07, 6.45) is 0.891. The van der Waals surface area contributed by atoms with E-state index in [1.165, 1.54) is 12.1 Å². The van der Waals surface area contributed by atoms with Crippen molar-refractivity contribution in [2.75, 3.05) is 13.3 Å². The summed E-state index contributed by atoms with van der Waals surface area (Å²) in [6, 6.07) is 5.39. The van der Waals surface area contributed by atoms with Gasteiger partial charge in [0.05, 0.1) is 6.61 Å². The van der Waals surface area contributed by atoms with E-state index in [1.807, 2.05) is 6.92 Å². The lowest BCUT2D eigenvalue weighted by Gasteiger charge is -2.19. The zero-order valence-corrected chi connectivity index (χ0v) is 12.5. The molecule has 3 N–H and O–H groups in total. The van der Waals surface area contributed by atoms with Crippen LogP contribution in [0.4, 0.5) is 0 Å². The predicted molar refractivity (Wildman–Crippen MR) is 75.7 cm³/mol. The van der Waals surface area contributed by atoms with Gasteiger partial charge in [0.25, 0.3) is 7.52 Å². The molecule has 0 aromatic heterocycles. The first-order valence-corrected chi connectivity index (χ1v) is 8.45. The van der Waals surface area contributed by atoms with Gasteiger partial charge in [-0.05, 0) is 30.5 Å². The molecule has 1 aromatic carbocycles. The van der Waals surface area contributed by atoms with Crippen molar-refractivity contribution in [2.24, 2.45) is 0 Å². The lowest BCUT2D eigenvalue weighted by molar-refractivity contribution is -0.145. The minimum Gasteiger partial charge on any atom is -0.508 e. The molecule has 2 atom stereocenters. The second-order valence-corrected chi connectivity index (χ2v) is 6.62. The van der Waals surface area contributed by atoms with Gasteiger partial charge in [-0.2, -0.15) is 0 Å². The van der Waals surface area contributed by atoms with Crippen LogP contribution < -0.4 is 5.09 Å². The normalized spacial score (nSPS) is 15.3. The summed E-state index contributed by atoms with van der Waals surface area (Å²) < 4.78 is 16.5. The van der Waals surface area contributed by atoms with Crippen LogP contribution in [0.1, 0.15) is 18.9 Å². The minimum atomic E-state index is -3.55. The predicted octanol–water partition coefficient (Wildman–Crippen LogP) is 1.66. The fraction of sp³-hybridized carbons (Fsp3) is 0.462. The molecule has 0 spiro atoms. The highest BCUT2D eigenvalue weighted by atomic mass is 31.2.